The van der Waals surface area contributed by atoms with Gasteiger partial charge in [-0.05, 0) is 32.9 Å². The molecule has 1 aromatic heterocycles. The van der Waals surface area contributed by atoms with E-state index in [9.17, 15) is 23.8 Å². The quantitative estimate of drug-likeness (QED) is 0.621. The molecule has 142 valence electrons. The molecule has 4 N–H and O–H groups in total. The van der Waals surface area contributed by atoms with Gasteiger partial charge >= 0.3 is 0 Å². The Morgan fingerprint density at radius 2 is 2.12 bits per heavy atom. The van der Waals surface area contributed by atoms with Crippen molar-refractivity contribution in [3.05, 3.63) is 43.8 Å². The molecule has 9 nitrogen and oxygen atoms in total. The summed E-state index contributed by atoms with van der Waals surface area (Å²) in [5, 5.41) is 12.6. The van der Waals surface area contributed by atoms with Crippen LogP contribution in [-0.2, 0) is 16.9 Å². The first-order chi connectivity index (χ1) is 12.1. The number of hydrogen-bond acceptors (Lipinski definition) is 7. The van der Waals surface area contributed by atoms with Crippen LogP contribution in [0.5, 0.6) is 5.75 Å². The first-order valence-corrected chi connectivity index (χ1v) is 9.52. The zero-order chi connectivity index (χ0) is 19.3. The summed E-state index contributed by atoms with van der Waals surface area (Å²) in [6, 6.07) is 0. The van der Waals surface area contributed by atoms with Crippen LogP contribution in [0.2, 0.25) is 0 Å². The molecule has 0 saturated carbocycles. The number of aromatic nitrogens is 2. The molecule has 0 saturated heterocycles. The Morgan fingerprint density at radius 1 is 1.42 bits per heavy atom. The van der Waals surface area contributed by atoms with Gasteiger partial charge in [-0.2, -0.15) is 0 Å². The summed E-state index contributed by atoms with van der Waals surface area (Å²) in [4.78, 5) is 29.6. The van der Waals surface area contributed by atoms with E-state index in [4.69, 9.17) is 4.74 Å². The number of carbonyl (C=O) groups excluding carboxylic acids is 1. The third-order valence-electron chi connectivity index (χ3n) is 4.42. The maximum atomic E-state index is 12.4. The van der Waals surface area contributed by atoms with Crippen LogP contribution in [0.15, 0.2) is 26.8 Å². The minimum Gasteiger partial charge on any atom is -0.501 e. The topological polar surface area (TPSA) is 134 Å². The summed E-state index contributed by atoms with van der Waals surface area (Å²) in [6.45, 7) is 5.41. The largest absolute Gasteiger partial charge is 0.501 e. The molecule has 0 fully saturated rings. The van der Waals surface area contributed by atoms with Crippen LogP contribution < -0.4 is 10.9 Å². The summed E-state index contributed by atoms with van der Waals surface area (Å²) in [5.74, 6) is -1.28. The highest BCUT2D eigenvalue weighted by Gasteiger charge is 2.34. The smallest absolute Gasteiger partial charge is 0.296 e. The lowest BCUT2D eigenvalue weighted by atomic mass is 10.1. The second kappa shape index (κ2) is 6.23. The van der Waals surface area contributed by atoms with Gasteiger partial charge in [0.15, 0.2) is 5.69 Å². The average Bonchev–Trinajstić information content (AvgIpc) is 2.82. The van der Waals surface area contributed by atoms with Crippen molar-refractivity contribution < 1.29 is 23.7 Å². The molecular weight excluding hydrogens is 362 g/mol. The van der Waals surface area contributed by atoms with Gasteiger partial charge in [-0.3, -0.25) is 23.3 Å². The molecule has 1 amide bonds. The molecule has 2 aliphatic rings. The van der Waals surface area contributed by atoms with Gasteiger partial charge in [0.1, 0.15) is 11.4 Å². The van der Waals surface area contributed by atoms with Crippen molar-refractivity contribution in [3.8, 4) is 5.75 Å². The highest BCUT2D eigenvalue weighted by atomic mass is 32.3. The van der Waals surface area contributed by atoms with Crippen LogP contribution in [0.1, 0.15) is 37.1 Å². The van der Waals surface area contributed by atoms with Crippen LogP contribution in [0, 0.1) is 0 Å². The van der Waals surface area contributed by atoms with Gasteiger partial charge in [-0.15, -0.1) is 10.6 Å². The zero-order valence-electron chi connectivity index (χ0n) is 14.6. The van der Waals surface area contributed by atoms with E-state index in [2.05, 4.69) is 10.3 Å². The highest BCUT2D eigenvalue weighted by Crippen LogP contribution is 2.57. The third kappa shape index (κ3) is 2.94. The Bertz CT molecular complexity index is 900. The normalized spacial score (nSPS) is 21.4. The molecule has 0 bridgehead atoms. The van der Waals surface area contributed by atoms with Crippen molar-refractivity contribution in [2.45, 2.75) is 32.9 Å². The van der Waals surface area contributed by atoms with Gasteiger partial charge in [-0.1, -0.05) is 0 Å². The summed E-state index contributed by atoms with van der Waals surface area (Å²) < 4.78 is 27.0. The molecular formula is C16H21N3O6S. The number of rotatable bonds is 3. The van der Waals surface area contributed by atoms with Gasteiger partial charge in [0, 0.05) is 4.91 Å². The number of ether oxygens (including phenoxy) is 1. The Morgan fingerprint density at radius 3 is 2.73 bits per heavy atom. The summed E-state index contributed by atoms with van der Waals surface area (Å²) >= 11 is 0. The number of allylic oxidation sites excluding steroid dienone is 3. The minimum absolute atomic E-state index is 0.144. The number of nitrogens with one attached hydrogen (secondary N) is 1. The van der Waals surface area contributed by atoms with E-state index in [0.29, 0.717) is 11.5 Å². The molecule has 0 aromatic carbocycles. The Kier molecular flexibility index (Phi) is 4.47. The molecule has 10 heteroatoms. The molecule has 2 aliphatic heterocycles. The second-order valence-electron chi connectivity index (χ2n) is 6.59. The Balaban J connectivity index is 1.87. The Hall–Kier alpha value is -2.14. The van der Waals surface area contributed by atoms with E-state index in [1.165, 1.54) is 10.6 Å². The fourth-order valence-corrected chi connectivity index (χ4v) is 4.05. The van der Waals surface area contributed by atoms with E-state index in [0.717, 1.165) is 0 Å². The highest BCUT2D eigenvalue weighted by molar-refractivity contribution is 8.31. The zero-order valence-corrected chi connectivity index (χ0v) is 15.5. The molecule has 0 aliphatic carbocycles. The van der Waals surface area contributed by atoms with Gasteiger partial charge in [0.25, 0.3) is 11.5 Å². The summed E-state index contributed by atoms with van der Waals surface area (Å²) in [7, 11) is -3.06. The number of aromatic hydroxyl groups is 1. The van der Waals surface area contributed by atoms with E-state index >= 15 is 0 Å². The lowest BCUT2D eigenvalue weighted by molar-refractivity contribution is -0.0566. The molecule has 0 spiro atoms. The predicted molar refractivity (Wildman–Crippen MR) is 96.2 cm³/mol. The monoisotopic (exact) mass is 383 g/mol. The number of amides is 1. The van der Waals surface area contributed by atoms with Crippen molar-refractivity contribution in [1.29, 1.82) is 0 Å². The molecule has 0 unspecified atom stereocenters. The van der Waals surface area contributed by atoms with Gasteiger partial charge in [-0.25, -0.2) is 4.98 Å². The third-order valence-corrected chi connectivity index (χ3v) is 6.46. The molecule has 3 rings (SSSR count). The van der Waals surface area contributed by atoms with Crippen molar-refractivity contribution >= 4 is 16.5 Å². The number of nitrogens with zero attached hydrogens (tertiary/aromatic N) is 2. The molecule has 26 heavy (non-hydrogen) atoms. The maximum absolute atomic E-state index is 12.4. The predicted octanol–water partition coefficient (Wildman–Crippen LogP) is 1.50. The maximum Gasteiger partial charge on any atom is 0.296 e. The SMILES string of the molecule is CC1=CC=C(CNC(=O)c2nc3n(c(=O)c2O)CCOC3(C)C)S1(O)O. The fourth-order valence-electron chi connectivity index (χ4n) is 2.84. The minimum atomic E-state index is -3.06. The number of carbonyl (C=O) groups is 1. The van der Waals surface area contributed by atoms with Crippen LogP contribution in [-0.4, -0.2) is 42.8 Å². The molecule has 1 aromatic rings. The van der Waals surface area contributed by atoms with E-state index in [1.54, 1.807) is 26.8 Å². The summed E-state index contributed by atoms with van der Waals surface area (Å²) in [5.41, 5.74) is -2.01. The average molecular weight is 383 g/mol. The first-order valence-electron chi connectivity index (χ1n) is 7.98. The summed E-state index contributed by atoms with van der Waals surface area (Å²) in [6.07, 6.45) is 3.09. The molecule has 0 radical (unpaired) electrons. The number of fused-ring (bicyclic) bond motifs is 1. The number of hydrogen-bond donors (Lipinski definition) is 4. The van der Waals surface area contributed by atoms with Crippen molar-refractivity contribution in [2.24, 2.45) is 0 Å². The van der Waals surface area contributed by atoms with E-state index in [-0.39, 0.29) is 23.8 Å². The van der Waals surface area contributed by atoms with Gasteiger partial charge < -0.3 is 15.2 Å². The van der Waals surface area contributed by atoms with E-state index in [1.807, 2.05) is 0 Å². The van der Waals surface area contributed by atoms with Crippen molar-refractivity contribution in [3.63, 3.8) is 0 Å². The molecule has 0 atom stereocenters. The van der Waals surface area contributed by atoms with Crippen molar-refractivity contribution in [2.75, 3.05) is 13.2 Å². The van der Waals surface area contributed by atoms with Crippen molar-refractivity contribution in [1.82, 2.24) is 14.9 Å². The second-order valence-corrected chi connectivity index (χ2v) is 8.86. The van der Waals surface area contributed by atoms with E-state index < -0.39 is 39.1 Å². The van der Waals surface area contributed by atoms with Crippen LogP contribution >= 0.6 is 10.6 Å². The van der Waals surface area contributed by atoms with Crippen LogP contribution in [0.3, 0.4) is 0 Å². The van der Waals surface area contributed by atoms with Crippen LogP contribution in [0.4, 0.5) is 0 Å². The fraction of sp³-hybridized carbons (Fsp3) is 0.438. The molecule has 3 heterocycles. The van der Waals surface area contributed by atoms with Gasteiger partial charge in [0.2, 0.25) is 5.75 Å². The van der Waals surface area contributed by atoms with Gasteiger partial charge in [0.05, 0.1) is 24.6 Å². The standard InChI is InChI=1S/C16H21N3O6S/c1-9-4-5-10(26(9,23)24)8-17-13(21)11-12(20)14(22)19-6-7-25-16(2,3)15(19)18-11/h4-5,20,23-24H,6-8H2,1-3H3,(H,17,21). The lowest BCUT2D eigenvalue weighted by Crippen LogP contribution is -2.42. The lowest BCUT2D eigenvalue weighted by Gasteiger charge is -2.33. The van der Waals surface area contributed by atoms with Crippen LogP contribution in [0.25, 0.3) is 0 Å². The first kappa shape index (κ1) is 18.6. The Labute approximate surface area is 151 Å².